The third kappa shape index (κ3) is 5.18. The highest BCUT2D eigenvalue weighted by atomic mass is 16.5. The highest BCUT2D eigenvalue weighted by Crippen LogP contribution is 2.13. The van der Waals surface area contributed by atoms with Crippen molar-refractivity contribution in [1.82, 2.24) is 10.2 Å². The number of hydrogen-bond acceptors (Lipinski definition) is 3. The molecule has 2 N–H and O–H groups in total. The molecule has 1 aliphatic rings. The van der Waals surface area contributed by atoms with Crippen molar-refractivity contribution in [2.24, 2.45) is 0 Å². The molecular weight excluding hydrogens is 236 g/mol. The maximum atomic E-state index is 11.6. The summed E-state index contributed by atoms with van der Waals surface area (Å²) in [6.45, 7) is 5.52. The minimum atomic E-state index is -0.851. The van der Waals surface area contributed by atoms with E-state index in [1.165, 1.54) is 0 Å². The van der Waals surface area contributed by atoms with Crippen LogP contribution in [0.2, 0.25) is 0 Å². The van der Waals surface area contributed by atoms with Gasteiger partial charge in [-0.05, 0) is 12.8 Å². The zero-order valence-corrected chi connectivity index (χ0v) is 10.4. The monoisotopic (exact) mass is 256 g/mol. The lowest BCUT2D eigenvalue weighted by atomic mass is 10.1. The van der Waals surface area contributed by atoms with E-state index in [1.54, 1.807) is 11.0 Å². The van der Waals surface area contributed by atoms with Gasteiger partial charge in [0.05, 0.1) is 19.1 Å². The molecule has 1 saturated heterocycles. The van der Waals surface area contributed by atoms with Gasteiger partial charge in [0.25, 0.3) is 0 Å². The zero-order chi connectivity index (χ0) is 13.4. The van der Waals surface area contributed by atoms with Crippen LogP contribution in [-0.2, 0) is 9.53 Å². The van der Waals surface area contributed by atoms with Crippen LogP contribution in [0, 0.1) is 0 Å². The van der Waals surface area contributed by atoms with E-state index < -0.39 is 5.97 Å². The lowest BCUT2D eigenvalue weighted by Crippen LogP contribution is -2.46. The van der Waals surface area contributed by atoms with Gasteiger partial charge < -0.3 is 20.1 Å². The zero-order valence-electron chi connectivity index (χ0n) is 10.4. The van der Waals surface area contributed by atoms with Gasteiger partial charge in [0, 0.05) is 19.6 Å². The van der Waals surface area contributed by atoms with Gasteiger partial charge in [-0.1, -0.05) is 6.08 Å². The number of carboxylic acid groups (broad SMARTS) is 1. The molecule has 0 saturated carbocycles. The van der Waals surface area contributed by atoms with Gasteiger partial charge in [0.2, 0.25) is 0 Å². The topological polar surface area (TPSA) is 78.9 Å². The number of aliphatic carboxylic acids is 1. The molecule has 6 heteroatoms. The van der Waals surface area contributed by atoms with E-state index in [2.05, 4.69) is 11.9 Å². The Morgan fingerprint density at radius 3 is 2.67 bits per heavy atom. The van der Waals surface area contributed by atoms with Crippen LogP contribution in [0.3, 0.4) is 0 Å². The molecule has 6 nitrogen and oxygen atoms in total. The van der Waals surface area contributed by atoms with E-state index >= 15 is 0 Å². The second-order valence-electron chi connectivity index (χ2n) is 4.18. The molecule has 0 aromatic carbocycles. The lowest BCUT2D eigenvalue weighted by Gasteiger charge is -2.31. The summed E-state index contributed by atoms with van der Waals surface area (Å²) < 4.78 is 5.45. The van der Waals surface area contributed by atoms with Crippen LogP contribution in [0.1, 0.15) is 19.3 Å². The molecule has 0 aromatic rings. The third-order valence-corrected chi connectivity index (χ3v) is 2.80. The summed E-state index contributed by atoms with van der Waals surface area (Å²) in [6, 6.07) is -0.0844. The average Bonchev–Trinajstić information content (AvgIpc) is 2.36. The van der Waals surface area contributed by atoms with Gasteiger partial charge in [0.15, 0.2) is 0 Å². The molecule has 0 aromatic heterocycles. The molecule has 0 atom stereocenters. The van der Waals surface area contributed by atoms with Crippen molar-refractivity contribution in [3.63, 3.8) is 0 Å². The predicted octanol–water partition coefficient (Wildman–Crippen LogP) is 0.838. The summed E-state index contributed by atoms with van der Waals surface area (Å²) in [5.41, 5.74) is 0. The Hall–Kier alpha value is -1.56. The summed E-state index contributed by atoms with van der Waals surface area (Å²) >= 11 is 0. The van der Waals surface area contributed by atoms with Crippen molar-refractivity contribution in [1.29, 1.82) is 0 Å². The van der Waals surface area contributed by atoms with Crippen LogP contribution in [0.15, 0.2) is 12.7 Å². The first-order valence-electron chi connectivity index (χ1n) is 6.10. The molecule has 1 aliphatic heterocycles. The number of hydrogen-bond donors (Lipinski definition) is 2. The summed E-state index contributed by atoms with van der Waals surface area (Å²) in [7, 11) is 0. The van der Waals surface area contributed by atoms with Gasteiger partial charge in [-0.15, -0.1) is 6.58 Å². The Labute approximate surface area is 107 Å². The first kappa shape index (κ1) is 14.5. The Morgan fingerprint density at radius 1 is 1.44 bits per heavy atom. The number of piperidine rings is 1. The van der Waals surface area contributed by atoms with Crippen molar-refractivity contribution in [3.05, 3.63) is 12.7 Å². The Balaban J connectivity index is 2.17. The van der Waals surface area contributed by atoms with Crippen LogP contribution >= 0.6 is 0 Å². The van der Waals surface area contributed by atoms with Crippen molar-refractivity contribution >= 4 is 12.0 Å². The van der Waals surface area contributed by atoms with Crippen LogP contribution < -0.4 is 5.32 Å². The number of amides is 2. The number of nitrogens with one attached hydrogen (secondary N) is 1. The number of carbonyl (C=O) groups is 2. The molecule has 1 fully saturated rings. The van der Waals surface area contributed by atoms with E-state index in [0.29, 0.717) is 19.6 Å². The average molecular weight is 256 g/mol. The Morgan fingerprint density at radius 2 is 2.11 bits per heavy atom. The van der Waals surface area contributed by atoms with Crippen molar-refractivity contribution in [2.75, 3.05) is 26.2 Å². The Kier molecular flexibility index (Phi) is 6.21. The fourth-order valence-corrected chi connectivity index (χ4v) is 1.81. The summed E-state index contributed by atoms with van der Waals surface area (Å²) in [5, 5.41) is 11.2. The van der Waals surface area contributed by atoms with E-state index in [1.807, 2.05) is 0 Å². The fraction of sp³-hybridized carbons (Fsp3) is 0.667. The highest BCUT2D eigenvalue weighted by Gasteiger charge is 2.22. The number of nitrogens with zero attached hydrogens (tertiary/aromatic N) is 1. The van der Waals surface area contributed by atoms with Crippen molar-refractivity contribution in [3.8, 4) is 0 Å². The van der Waals surface area contributed by atoms with Gasteiger partial charge in [-0.2, -0.15) is 0 Å². The minimum absolute atomic E-state index is 0.0278. The largest absolute Gasteiger partial charge is 0.481 e. The molecule has 0 bridgehead atoms. The standard InChI is InChI=1S/C12H20N2O4/c1-2-6-13-12(17)14-7-3-10(4-8-14)18-9-5-11(15)16/h2,10H,1,3-9H2,(H,13,17)(H,15,16). The van der Waals surface area contributed by atoms with E-state index in [0.717, 1.165) is 12.8 Å². The first-order valence-corrected chi connectivity index (χ1v) is 6.10. The lowest BCUT2D eigenvalue weighted by molar-refractivity contribution is -0.138. The molecule has 102 valence electrons. The van der Waals surface area contributed by atoms with Crippen LogP contribution in [0.25, 0.3) is 0 Å². The SMILES string of the molecule is C=CCNC(=O)N1CCC(OCCC(=O)O)CC1. The second-order valence-corrected chi connectivity index (χ2v) is 4.18. The van der Waals surface area contributed by atoms with Crippen LogP contribution in [0.5, 0.6) is 0 Å². The van der Waals surface area contributed by atoms with E-state index in [-0.39, 0.29) is 25.2 Å². The number of carbonyl (C=O) groups excluding carboxylic acids is 1. The maximum Gasteiger partial charge on any atom is 0.317 e. The molecule has 18 heavy (non-hydrogen) atoms. The van der Waals surface area contributed by atoms with Crippen molar-refractivity contribution in [2.45, 2.75) is 25.4 Å². The number of likely N-dealkylation sites (tertiary alicyclic amines) is 1. The molecular formula is C12H20N2O4. The molecule has 1 heterocycles. The van der Waals surface area contributed by atoms with Crippen LogP contribution in [0.4, 0.5) is 4.79 Å². The second kappa shape index (κ2) is 7.71. The molecule has 0 unspecified atom stereocenters. The van der Waals surface area contributed by atoms with E-state index in [4.69, 9.17) is 9.84 Å². The van der Waals surface area contributed by atoms with Gasteiger partial charge in [-0.25, -0.2) is 4.79 Å². The summed E-state index contributed by atoms with van der Waals surface area (Å²) in [5.74, 6) is -0.851. The fourth-order valence-electron chi connectivity index (χ4n) is 1.81. The minimum Gasteiger partial charge on any atom is -0.481 e. The van der Waals surface area contributed by atoms with Crippen molar-refractivity contribution < 1.29 is 19.4 Å². The van der Waals surface area contributed by atoms with Gasteiger partial charge >= 0.3 is 12.0 Å². The predicted molar refractivity (Wildman–Crippen MR) is 66.4 cm³/mol. The summed E-state index contributed by atoms with van der Waals surface area (Å²) in [4.78, 5) is 23.7. The highest BCUT2D eigenvalue weighted by molar-refractivity contribution is 5.74. The number of carboxylic acids is 1. The maximum absolute atomic E-state index is 11.6. The molecule has 2 amide bonds. The number of urea groups is 1. The molecule has 0 aliphatic carbocycles. The van der Waals surface area contributed by atoms with E-state index in [9.17, 15) is 9.59 Å². The molecule has 0 spiro atoms. The first-order chi connectivity index (χ1) is 8.63. The third-order valence-electron chi connectivity index (χ3n) is 2.80. The van der Waals surface area contributed by atoms with Crippen LogP contribution in [-0.4, -0.2) is 54.4 Å². The smallest absolute Gasteiger partial charge is 0.317 e. The molecule has 1 rings (SSSR count). The quantitative estimate of drug-likeness (QED) is 0.690. The Bertz CT molecular complexity index is 298. The van der Waals surface area contributed by atoms with Gasteiger partial charge in [-0.3, -0.25) is 4.79 Å². The molecule has 0 radical (unpaired) electrons. The number of rotatable bonds is 6. The number of ether oxygens (including phenoxy) is 1. The summed E-state index contributed by atoms with van der Waals surface area (Å²) in [6.07, 6.45) is 3.23. The normalized spacial score (nSPS) is 16.3. The van der Waals surface area contributed by atoms with Gasteiger partial charge in [0.1, 0.15) is 0 Å².